The smallest absolute Gasteiger partial charge is 0.303 e. The topological polar surface area (TPSA) is 149 Å². The van der Waals surface area contributed by atoms with Crippen LogP contribution in [-0.2, 0) is 19.2 Å². The van der Waals surface area contributed by atoms with Gasteiger partial charge in [-0.05, 0) is 6.42 Å². The van der Waals surface area contributed by atoms with Crippen LogP contribution in [0.2, 0.25) is 0 Å². The minimum Gasteiger partial charge on any atom is -0.481 e. The Kier molecular flexibility index (Phi) is 31.3. The zero-order chi connectivity index (χ0) is 19.3. The second kappa shape index (κ2) is 24.9. The standard InChI is InChI=1S/C9H18O2.3C2H4O2/c1-2-3-4-5-6-7-8-9(10)11;3*1-2(3)4/h2-8H2,1H3,(H,10,11);3*1H3,(H,3,4). The Morgan fingerprint density at radius 2 is 0.870 bits per heavy atom. The Labute approximate surface area is 137 Å². The molecule has 0 radical (unpaired) electrons. The summed E-state index contributed by atoms with van der Waals surface area (Å²) in [4.78, 5) is 37.1. The Morgan fingerprint density at radius 3 is 1.13 bits per heavy atom. The van der Waals surface area contributed by atoms with Crippen LogP contribution < -0.4 is 0 Å². The number of aliphatic carboxylic acids is 4. The molecule has 0 aliphatic carbocycles. The highest BCUT2D eigenvalue weighted by Gasteiger charge is 1.95. The van der Waals surface area contributed by atoms with Gasteiger partial charge in [0.15, 0.2) is 0 Å². The molecule has 0 fully saturated rings. The molecule has 23 heavy (non-hydrogen) atoms. The largest absolute Gasteiger partial charge is 0.481 e. The van der Waals surface area contributed by atoms with Crippen LogP contribution in [0, 0.1) is 0 Å². The maximum Gasteiger partial charge on any atom is 0.303 e. The van der Waals surface area contributed by atoms with E-state index in [9.17, 15) is 4.79 Å². The van der Waals surface area contributed by atoms with Crippen LogP contribution in [0.1, 0.15) is 72.6 Å². The van der Waals surface area contributed by atoms with Crippen LogP contribution in [0.3, 0.4) is 0 Å². The average molecular weight is 338 g/mol. The minimum atomic E-state index is -0.833. The van der Waals surface area contributed by atoms with Gasteiger partial charge in [-0.2, -0.15) is 0 Å². The SMILES string of the molecule is CC(=O)O.CC(=O)O.CC(=O)O.CCCCCCCCC(=O)O. The molecule has 0 aliphatic rings. The van der Waals surface area contributed by atoms with Gasteiger partial charge in [0, 0.05) is 27.2 Å². The molecule has 0 heterocycles. The summed E-state index contributed by atoms with van der Waals surface area (Å²) in [7, 11) is 0. The van der Waals surface area contributed by atoms with Crippen molar-refractivity contribution in [2.45, 2.75) is 72.6 Å². The quantitative estimate of drug-likeness (QED) is 0.517. The second-order valence-corrected chi connectivity index (χ2v) is 4.47. The fraction of sp³-hybridized carbons (Fsp3) is 0.733. The zero-order valence-electron chi connectivity index (χ0n) is 14.4. The Hall–Kier alpha value is -2.12. The molecule has 4 N–H and O–H groups in total. The molecule has 8 heteroatoms. The van der Waals surface area contributed by atoms with Crippen molar-refractivity contribution in [3.05, 3.63) is 0 Å². The van der Waals surface area contributed by atoms with E-state index >= 15 is 0 Å². The van der Waals surface area contributed by atoms with Gasteiger partial charge in [0.2, 0.25) is 0 Å². The molecule has 0 unspecified atom stereocenters. The van der Waals surface area contributed by atoms with Gasteiger partial charge in [0.25, 0.3) is 17.9 Å². The van der Waals surface area contributed by atoms with Crippen molar-refractivity contribution in [2.75, 3.05) is 0 Å². The van der Waals surface area contributed by atoms with Crippen molar-refractivity contribution in [1.82, 2.24) is 0 Å². The van der Waals surface area contributed by atoms with Gasteiger partial charge < -0.3 is 20.4 Å². The molecular weight excluding hydrogens is 308 g/mol. The summed E-state index contributed by atoms with van der Waals surface area (Å²) in [6, 6.07) is 0. The van der Waals surface area contributed by atoms with E-state index in [0.29, 0.717) is 6.42 Å². The van der Waals surface area contributed by atoms with E-state index in [-0.39, 0.29) is 0 Å². The molecule has 8 nitrogen and oxygen atoms in total. The van der Waals surface area contributed by atoms with Gasteiger partial charge in [-0.15, -0.1) is 0 Å². The third kappa shape index (κ3) is 184. The normalized spacial score (nSPS) is 8.00. The van der Waals surface area contributed by atoms with Crippen molar-refractivity contribution < 1.29 is 39.6 Å². The maximum absolute atomic E-state index is 10.1. The van der Waals surface area contributed by atoms with Crippen molar-refractivity contribution >= 4 is 23.9 Å². The molecule has 138 valence electrons. The number of carbonyl (C=O) groups is 4. The van der Waals surface area contributed by atoms with Crippen LogP contribution in [-0.4, -0.2) is 44.3 Å². The lowest BCUT2D eigenvalue weighted by atomic mass is 10.1. The molecule has 0 aromatic heterocycles. The van der Waals surface area contributed by atoms with Crippen LogP contribution in [0.25, 0.3) is 0 Å². The van der Waals surface area contributed by atoms with E-state index in [4.69, 9.17) is 34.8 Å². The third-order valence-electron chi connectivity index (χ3n) is 1.74. The van der Waals surface area contributed by atoms with E-state index in [1.165, 1.54) is 25.7 Å². The lowest BCUT2D eigenvalue weighted by Gasteiger charge is -1.97. The van der Waals surface area contributed by atoms with E-state index in [1.807, 2.05) is 0 Å². The van der Waals surface area contributed by atoms with Crippen LogP contribution in [0.4, 0.5) is 0 Å². The molecule has 0 bridgehead atoms. The molecule has 0 aromatic carbocycles. The Morgan fingerprint density at radius 1 is 0.609 bits per heavy atom. The summed E-state index contributed by atoms with van der Waals surface area (Å²) in [5, 5.41) is 30.6. The first kappa shape index (κ1) is 29.0. The van der Waals surface area contributed by atoms with Gasteiger partial charge in [0.05, 0.1) is 0 Å². The first-order valence-electron chi connectivity index (χ1n) is 7.27. The molecule has 0 atom stereocenters. The van der Waals surface area contributed by atoms with E-state index in [0.717, 1.165) is 33.6 Å². The molecule has 0 saturated carbocycles. The Balaban J connectivity index is -0.000000124. The highest BCUT2D eigenvalue weighted by Crippen LogP contribution is 2.06. The molecule has 0 aliphatic heterocycles. The van der Waals surface area contributed by atoms with Gasteiger partial charge in [-0.3, -0.25) is 19.2 Å². The van der Waals surface area contributed by atoms with E-state index in [1.54, 1.807) is 0 Å². The van der Waals surface area contributed by atoms with Crippen LogP contribution in [0.15, 0.2) is 0 Å². The maximum atomic E-state index is 10.1. The Bertz CT molecular complexity index is 272. The van der Waals surface area contributed by atoms with Crippen molar-refractivity contribution in [1.29, 1.82) is 0 Å². The average Bonchev–Trinajstić information content (AvgIpc) is 2.31. The number of carboxylic acids is 4. The van der Waals surface area contributed by atoms with Gasteiger partial charge in [-0.1, -0.05) is 39.0 Å². The highest BCUT2D eigenvalue weighted by molar-refractivity contribution is 5.66. The summed E-state index contributed by atoms with van der Waals surface area (Å²) in [5.41, 5.74) is 0. The first-order valence-corrected chi connectivity index (χ1v) is 7.27. The fourth-order valence-electron chi connectivity index (χ4n) is 1.06. The summed E-state index contributed by atoms with van der Waals surface area (Å²) in [6.07, 6.45) is 7.25. The summed E-state index contributed by atoms with van der Waals surface area (Å²) < 4.78 is 0. The van der Waals surface area contributed by atoms with Crippen molar-refractivity contribution in [3.8, 4) is 0 Å². The molecule has 0 spiro atoms. The van der Waals surface area contributed by atoms with Crippen LogP contribution >= 0.6 is 0 Å². The van der Waals surface area contributed by atoms with E-state index in [2.05, 4.69) is 6.92 Å². The van der Waals surface area contributed by atoms with Gasteiger partial charge in [0.1, 0.15) is 0 Å². The zero-order valence-corrected chi connectivity index (χ0v) is 14.4. The van der Waals surface area contributed by atoms with Gasteiger partial charge in [-0.25, -0.2) is 0 Å². The summed E-state index contributed by atoms with van der Waals surface area (Å²) in [5.74, 6) is -3.17. The molecule has 0 saturated heterocycles. The fourth-order valence-corrected chi connectivity index (χ4v) is 1.06. The second-order valence-electron chi connectivity index (χ2n) is 4.47. The molecule has 0 rings (SSSR count). The molecular formula is C15H30O8. The first-order chi connectivity index (χ1) is 10.5. The summed E-state index contributed by atoms with van der Waals surface area (Å²) >= 11 is 0. The predicted octanol–water partition coefficient (Wildman–Crippen LogP) is 3.09. The summed E-state index contributed by atoms with van der Waals surface area (Å²) in [6.45, 7) is 5.43. The lowest BCUT2D eigenvalue weighted by Crippen LogP contribution is -1.93. The number of hydrogen-bond acceptors (Lipinski definition) is 4. The third-order valence-corrected chi connectivity index (χ3v) is 1.74. The lowest BCUT2D eigenvalue weighted by molar-refractivity contribution is -0.137. The molecule has 0 amide bonds. The predicted molar refractivity (Wildman–Crippen MR) is 85.6 cm³/mol. The number of hydrogen-bond donors (Lipinski definition) is 4. The monoisotopic (exact) mass is 338 g/mol. The molecule has 0 aromatic rings. The number of rotatable bonds is 7. The van der Waals surface area contributed by atoms with E-state index < -0.39 is 23.9 Å². The van der Waals surface area contributed by atoms with Gasteiger partial charge >= 0.3 is 5.97 Å². The highest BCUT2D eigenvalue weighted by atomic mass is 16.4. The van der Waals surface area contributed by atoms with Crippen molar-refractivity contribution in [3.63, 3.8) is 0 Å². The van der Waals surface area contributed by atoms with Crippen LogP contribution in [0.5, 0.6) is 0 Å². The minimum absolute atomic E-state index is 0.339. The number of carboxylic acid groups (broad SMARTS) is 4. The number of unbranched alkanes of at least 4 members (excludes halogenated alkanes) is 5. The van der Waals surface area contributed by atoms with Crippen molar-refractivity contribution in [2.24, 2.45) is 0 Å².